The Morgan fingerprint density at radius 2 is 1.70 bits per heavy atom. The molecule has 0 amide bonds. The molecule has 0 atom stereocenters. The summed E-state index contributed by atoms with van der Waals surface area (Å²) >= 11 is 1.01. The van der Waals surface area contributed by atoms with E-state index in [0.717, 1.165) is 21.5 Å². The maximum atomic E-state index is 13.0. The van der Waals surface area contributed by atoms with Gasteiger partial charge in [0.05, 0.1) is 16.8 Å². The lowest BCUT2D eigenvalue weighted by Gasteiger charge is -2.09. The fraction of sp³-hybridized carbons (Fsp3) is 0.136. The number of sulfonamides is 1. The van der Waals surface area contributed by atoms with Crippen LogP contribution in [0.2, 0.25) is 0 Å². The van der Waals surface area contributed by atoms with E-state index in [-0.39, 0.29) is 28.3 Å². The third-order valence-electron chi connectivity index (χ3n) is 5.02. The van der Waals surface area contributed by atoms with Gasteiger partial charge in [0.25, 0.3) is 5.56 Å². The van der Waals surface area contributed by atoms with Crippen molar-refractivity contribution in [3.8, 4) is 0 Å². The molecule has 0 bridgehead atoms. The molecular weight excluding hydrogens is 466 g/mol. The van der Waals surface area contributed by atoms with Gasteiger partial charge in [0.2, 0.25) is 10.0 Å². The third-order valence-corrected chi connectivity index (χ3v) is 7.14. The third kappa shape index (κ3) is 4.65. The summed E-state index contributed by atoms with van der Waals surface area (Å²) in [6, 6.07) is 16.2. The number of esters is 1. The number of nitrogens with two attached hydrogens (primary N) is 1. The van der Waals surface area contributed by atoms with Gasteiger partial charge in [0.15, 0.2) is 0 Å². The van der Waals surface area contributed by atoms with Crippen molar-refractivity contribution in [1.82, 2.24) is 9.13 Å². The highest BCUT2D eigenvalue weighted by Crippen LogP contribution is 2.23. The maximum absolute atomic E-state index is 13.0. The monoisotopic (exact) mass is 485 g/mol. The van der Waals surface area contributed by atoms with Gasteiger partial charge in [-0.2, -0.15) is 0 Å². The Morgan fingerprint density at radius 3 is 2.33 bits per heavy atom. The number of hydrogen-bond acceptors (Lipinski definition) is 7. The number of carbonyl (C=O) groups is 1. The van der Waals surface area contributed by atoms with Crippen LogP contribution in [0.15, 0.2) is 75.1 Å². The Balaban J connectivity index is 1.65. The minimum Gasteiger partial charge on any atom is -0.457 e. The summed E-state index contributed by atoms with van der Waals surface area (Å²) in [5.74, 6) is -0.586. The van der Waals surface area contributed by atoms with Crippen LogP contribution in [0.1, 0.15) is 20.8 Å². The molecule has 0 saturated carbocycles. The number of rotatable bonds is 6. The SMILES string of the molecule is Cn1c(=O)n(Cc2ccc(S(N)(=O)=O)cc2)c(=O)c2cc(C(=O)OCc3ccccc3)sc21. The second kappa shape index (κ2) is 8.77. The minimum atomic E-state index is -3.85. The predicted octanol–water partition coefficient (Wildman–Crippen LogP) is 1.81. The molecule has 0 saturated heterocycles. The molecular formula is C22H19N3O6S2. The van der Waals surface area contributed by atoms with Crippen molar-refractivity contribution in [3.63, 3.8) is 0 Å². The van der Waals surface area contributed by atoms with Crippen molar-refractivity contribution in [2.24, 2.45) is 12.2 Å². The topological polar surface area (TPSA) is 130 Å². The molecule has 2 heterocycles. The second-order valence-corrected chi connectivity index (χ2v) is 9.91. The van der Waals surface area contributed by atoms with Gasteiger partial charge in [0, 0.05) is 7.05 Å². The van der Waals surface area contributed by atoms with Gasteiger partial charge in [-0.1, -0.05) is 42.5 Å². The Morgan fingerprint density at radius 1 is 1.03 bits per heavy atom. The van der Waals surface area contributed by atoms with Gasteiger partial charge in [-0.15, -0.1) is 11.3 Å². The molecule has 0 radical (unpaired) electrons. The van der Waals surface area contributed by atoms with Crippen LogP contribution >= 0.6 is 11.3 Å². The summed E-state index contributed by atoms with van der Waals surface area (Å²) in [6.45, 7) is 0.0155. The molecule has 0 aliphatic heterocycles. The first-order valence-corrected chi connectivity index (χ1v) is 12.1. The molecule has 0 fully saturated rings. The lowest BCUT2D eigenvalue weighted by atomic mass is 10.2. The standard InChI is InChI=1S/C22H19N3O6S2/c1-24-20-17(11-18(32-20)21(27)31-13-15-5-3-2-4-6-15)19(26)25(22(24)28)12-14-7-9-16(10-8-14)33(23,29)30/h2-11H,12-13H2,1H3,(H2,23,29,30). The summed E-state index contributed by atoms with van der Waals surface area (Å²) in [5, 5.41) is 5.32. The van der Waals surface area contributed by atoms with Gasteiger partial charge >= 0.3 is 11.7 Å². The number of hydrogen-bond donors (Lipinski definition) is 1. The van der Waals surface area contributed by atoms with E-state index in [4.69, 9.17) is 9.88 Å². The number of carbonyl (C=O) groups excluding carboxylic acids is 1. The minimum absolute atomic E-state index is 0.0709. The van der Waals surface area contributed by atoms with Gasteiger partial charge in [-0.25, -0.2) is 23.1 Å². The van der Waals surface area contributed by atoms with Crippen LogP contribution in [0.5, 0.6) is 0 Å². The molecule has 4 aromatic rings. The summed E-state index contributed by atoms with van der Waals surface area (Å²) in [4.78, 5) is 38.9. The zero-order valence-corrected chi connectivity index (χ0v) is 19.1. The largest absolute Gasteiger partial charge is 0.457 e. The van der Waals surface area contributed by atoms with Crippen LogP contribution in [0.4, 0.5) is 0 Å². The lowest BCUT2D eigenvalue weighted by Crippen LogP contribution is -2.38. The lowest BCUT2D eigenvalue weighted by molar-refractivity contribution is 0.0478. The average Bonchev–Trinajstić information content (AvgIpc) is 3.25. The van der Waals surface area contributed by atoms with Crippen LogP contribution in [0, 0.1) is 0 Å². The highest BCUT2D eigenvalue weighted by molar-refractivity contribution is 7.89. The van der Waals surface area contributed by atoms with Crippen LogP contribution < -0.4 is 16.4 Å². The zero-order chi connectivity index (χ0) is 23.8. The maximum Gasteiger partial charge on any atom is 0.348 e. The summed E-state index contributed by atoms with van der Waals surface area (Å²) in [6.07, 6.45) is 0. The number of benzene rings is 2. The van der Waals surface area contributed by atoms with E-state index < -0.39 is 27.2 Å². The van der Waals surface area contributed by atoms with E-state index >= 15 is 0 Å². The first kappa shape index (κ1) is 22.6. The summed E-state index contributed by atoms with van der Waals surface area (Å²) < 4.78 is 30.5. The highest BCUT2D eigenvalue weighted by Gasteiger charge is 2.19. The van der Waals surface area contributed by atoms with Crippen molar-refractivity contribution in [3.05, 3.63) is 97.5 Å². The molecule has 33 heavy (non-hydrogen) atoms. The van der Waals surface area contributed by atoms with Gasteiger partial charge in [-0.3, -0.25) is 13.9 Å². The van der Waals surface area contributed by atoms with Crippen LogP contribution in [-0.4, -0.2) is 23.5 Å². The number of thiophene rings is 1. The first-order valence-electron chi connectivity index (χ1n) is 9.71. The number of aromatic nitrogens is 2. The molecule has 2 aromatic carbocycles. The molecule has 2 N–H and O–H groups in total. The zero-order valence-electron chi connectivity index (χ0n) is 17.4. The van der Waals surface area contributed by atoms with E-state index in [1.165, 1.54) is 41.9 Å². The highest BCUT2D eigenvalue weighted by atomic mass is 32.2. The Bertz CT molecular complexity index is 1570. The molecule has 2 aromatic heterocycles. The van der Waals surface area contributed by atoms with Crippen LogP contribution in [0.3, 0.4) is 0 Å². The summed E-state index contributed by atoms with van der Waals surface area (Å²) in [7, 11) is -2.33. The summed E-state index contributed by atoms with van der Waals surface area (Å²) in [5.41, 5.74) is 0.255. The van der Waals surface area contributed by atoms with Crippen molar-refractivity contribution < 1.29 is 17.9 Å². The molecule has 0 aliphatic rings. The number of ether oxygens (including phenoxy) is 1. The number of primary sulfonamides is 1. The number of aryl methyl sites for hydroxylation is 1. The normalized spacial score (nSPS) is 11.6. The number of fused-ring (bicyclic) bond motifs is 1. The molecule has 0 aliphatic carbocycles. The quantitative estimate of drug-likeness (QED) is 0.415. The molecule has 4 rings (SSSR count). The second-order valence-electron chi connectivity index (χ2n) is 7.31. The molecule has 0 unspecified atom stereocenters. The average molecular weight is 486 g/mol. The molecule has 170 valence electrons. The van der Waals surface area contributed by atoms with Crippen LogP contribution in [0.25, 0.3) is 10.2 Å². The van der Waals surface area contributed by atoms with E-state index in [0.29, 0.717) is 10.4 Å². The van der Waals surface area contributed by atoms with E-state index in [9.17, 15) is 22.8 Å². The Hall–Kier alpha value is -3.54. The van der Waals surface area contributed by atoms with Crippen molar-refractivity contribution >= 4 is 37.5 Å². The van der Waals surface area contributed by atoms with Crippen molar-refractivity contribution in [1.29, 1.82) is 0 Å². The molecule has 9 nitrogen and oxygen atoms in total. The van der Waals surface area contributed by atoms with Crippen LogP contribution in [-0.2, 0) is 35.0 Å². The van der Waals surface area contributed by atoms with Crippen molar-refractivity contribution in [2.75, 3.05) is 0 Å². The van der Waals surface area contributed by atoms with E-state index in [1.807, 2.05) is 30.3 Å². The number of nitrogens with zero attached hydrogens (tertiary/aromatic N) is 2. The van der Waals surface area contributed by atoms with E-state index in [1.54, 1.807) is 0 Å². The fourth-order valence-corrected chi connectivity index (χ4v) is 4.80. The molecule has 11 heteroatoms. The predicted molar refractivity (Wildman–Crippen MR) is 124 cm³/mol. The first-order chi connectivity index (χ1) is 15.6. The van der Waals surface area contributed by atoms with Gasteiger partial charge in [0.1, 0.15) is 16.3 Å². The molecule has 0 spiro atoms. The fourth-order valence-electron chi connectivity index (χ4n) is 3.29. The Kier molecular flexibility index (Phi) is 6.02. The smallest absolute Gasteiger partial charge is 0.348 e. The van der Waals surface area contributed by atoms with E-state index in [2.05, 4.69) is 0 Å². The van der Waals surface area contributed by atoms with Gasteiger partial charge < -0.3 is 4.74 Å². The Labute approximate surface area is 192 Å². The van der Waals surface area contributed by atoms with Gasteiger partial charge in [-0.05, 0) is 29.3 Å². The van der Waals surface area contributed by atoms with Crippen molar-refractivity contribution in [2.45, 2.75) is 18.0 Å².